The molecule has 0 radical (unpaired) electrons. The number of carbonyl (C=O) groups excluding carboxylic acids is 2. The molecular weight excluding hydrogens is 434 g/mol. The number of hydrogen-bond donors (Lipinski definition) is 2. The molecule has 0 bridgehead atoms. The first kappa shape index (κ1) is 23.4. The van der Waals surface area contributed by atoms with Gasteiger partial charge in [-0.15, -0.1) is 11.3 Å². The summed E-state index contributed by atoms with van der Waals surface area (Å²) in [5.74, 6) is -0.627. The number of thiophene rings is 1. The predicted molar refractivity (Wildman–Crippen MR) is 122 cm³/mol. The van der Waals surface area contributed by atoms with Crippen molar-refractivity contribution in [2.75, 3.05) is 19.6 Å². The Morgan fingerprint density at radius 1 is 1.16 bits per heavy atom. The highest BCUT2D eigenvalue weighted by Crippen LogP contribution is 2.26. The van der Waals surface area contributed by atoms with Gasteiger partial charge in [0.15, 0.2) is 0 Å². The predicted octanol–water partition coefficient (Wildman–Crippen LogP) is 2.78. The van der Waals surface area contributed by atoms with Crippen LogP contribution >= 0.6 is 11.3 Å². The van der Waals surface area contributed by atoms with Gasteiger partial charge in [0.2, 0.25) is 15.9 Å². The number of carbonyl (C=O) groups is 2. The Labute approximate surface area is 187 Å². The molecule has 2 N–H and O–H groups in total. The van der Waals surface area contributed by atoms with Crippen LogP contribution in [0.3, 0.4) is 0 Å². The van der Waals surface area contributed by atoms with Crippen LogP contribution in [0.5, 0.6) is 0 Å². The van der Waals surface area contributed by atoms with Gasteiger partial charge in [0.1, 0.15) is 6.04 Å². The van der Waals surface area contributed by atoms with Gasteiger partial charge in [0.05, 0.1) is 9.77 Å². The summed E-state index contributed by atoms with van der Waals surface area (Å²) in [7, 11) is -3.57. The van der Waals surface area contributed by atoms with Crippen LogP contribution < -0.4 is 10.6 Å². The molecule has 7 nitrogen and oxygen atoms in total. The Kier molecular flexibility index (Phi) is 7.85. The van der Waals surface area contributed by atoms with Crippen molar-refractivity contribution >= 4 is 33.2 Å². The molecule has 168 valence electrons. The molecule has 1 saturated heterocycles. The Morgan fingerprint density at radius 3 is 2.42 bits per heavy atom. The van der Waals surface area contributed by atoms with Crippen LogP contribution in [0.4, 0.5) is 0 Å². The first-order chi connectivity index (χ1) is 14.8. The third-order valence-electron chi connectivity index (χ3n) is 5.49. The fourth-order valence-corrected chi connectivity index (χ4v) is 5.78. The lowest BCUT2D eigenvalue weighted by Gasteiger charge is -2.35. The van der Waals surface area contributed by atoms with E-state index in [-0.39, 0.29) is 22.6 Å². The van der Waals surface area contributed by atoms with Crippen LogP contribution in [0.25, 0.3) is 0 Å². The second-order valence-electron chi connectivity index (χ2n) is 7.77. The smallest absolute Gasteiger partial charge is 0.262 e. The van der Waals surface area contributed by atoms with E-state index in [4.69, 9.17) is 0 Å². The number of nitrogens with one attached hydrogen (secondary N) is 2. The van der Waals surface area contributed by atoms with Gasteiger partial charge in [-0.3, -0.25) is 9.59 Å². The van der Waals surface area contributed by atoms with Crippen molar-refractivity contribution in [2.45, 2.75) is 44.0 Å². The van der Waals surface area contributed by atoms with Gasteiger partial charge in [-0.1, -0.05) is 30.7 Å². The topological polar surface area (TPSA) is 95.6 Å². The first-order valence-corrected chi connectivity index (χ1v) is 12.8. The number of nitrogens with zero attached hydrogens (tertiary/aromatic N) is 1. The molecule has 31 heavy (non-hydrogen) atoms. The summed E-state index contributed by atoms with van der Waals surface area (Å²) in [5, 5.41) is 7.57. The maximum atomic E-state index is 13.0. The fraction of sp³-hybridized carbons (Fsp3) is 0.455. The van der Waals surface area contributed by atoms with Gasteiger partial charge in [-0.25, -0.2) is 8.42 Å². The number of sulfonamides is 1. The summed E-state index contributed by atoms with van der Waals surface area (Å²) < 4.78 is 27.4. The lowest BCUT2D eigenvalue weighted by Crippen LogP contribution is -2.53. The summed E-state index contributed by atoms with van der Waals surface area (Å²) >= 11 is 1.32. The molecule has 1 fully saturated rings. The molecule has 9 heteroatoms. The second-order valence-corrected chi connectivity index (χ2v) is 10.7. The maximum Gasteiger partial charge on any atom is 0.262 e. The summed E-state index contributed by atoms with van der Waals surface area (Å²) in [4.78, 5) is 26.2. The molecule has 1 aliphatic heterocycles. The van der Waals surface area contributed by atoms with Crippen molar-refractivity contribution in [2.24, 2.45) is 5.92 Å². The van der Waals surface area contributed by atoms with Crippen LogP contribution in [0, 0.1) is 12.8 Å². The molecule has 1 aromatic heterocycles. The van der Waals surface area contributed by atoms with E-state index in [0.717, 1.165) is 12.0 Å². The minimum atomic E-state index is -3.57. The Morgan fingerprint density at radius 2 is 1.84 bits per heavy atom. The highest BCUT2D eigenvalue weighted by molar-refractivity contribution is 7.89. The number of amides is 2. The largest absolute Gasteiger partial charge is 0.354 e. The highest BCUT2D eigenvalue weighted by atomic mass is 32.2. The maximum absolute atomic E-state index is 13.0. The summed E-state index contributed by atoms with van der Waals surface area (Å²) in [5.41, 5.74) is 1.00. The van der Waals surface area contributed by atoms with Crippen LogP contribution in [-0.4, -0.2) is 50.2 Å². The average Bonchev–Trinajstić information content (AvgIpc) is 3.31. The Hall–Kier alpha value is -2.23. The van der Waals surface area contributed by atoms with Gasteiger partial charge in [-0.05, 0) is 55.7 Å². The molecule has 2 aromatic rings. The van der Waals surface area contributed by atoms with Crippen molar-refractivity contribution in [1.82, 2.24) is 14.9 Å². The van der Waals surface area contributed by atoms with E-state index < -0.39 is 16.1 Å². The lowest BCUT2D eigenvalue weighted by atomic mass is 9.89. The van der Waals surface area contributed by atoms with Crippen molar-refractivity contribution in [3.8, 4) is 0 Å². The normalized spacial score (nSPS) is 16.6. The quantitative estimate of drug-likeness (QED) is 0.629. The van der Waals surface area contributed by atoms with Crippen LogP contribution in [0.1, 0.15) is 41.4 Å². The molecule has 0 saturated carbocycles. The number of piperidine rings is 1. The Balaban J connectivity index is 1.69. The molecule has 3 rings (SSSR count). The SMILES string of the molecule is CCCNC(=O)C(NC(=O)c1cccs1)C1CCN(S(=O)(=O)c2ccc(C)cc2)CC1. The van der Waals surface area contributed by atoms with Crippen molar-refractivity contribution in [3.05, 3.63) is 52.2 Å². The van der Waals surface area contributed by atoms with Gasteiger partial charge in [-0.2, -0.15) is 4.31 Å². The summed E-state index contributed by atoms with van der Waals surface area (Å²) in [6.07, 6.45) is 1.80. The molecule has 0 aliphatic carbocycles. The minimum absolute atomic E-state index is 0.134. The summed E-state index contributed by atoms with van der Waals surface area (Å²) in [6.45, 7) is 5.04. The van der Waals surface area contributed by atoms with E-state index in [2.05, 4.69) is 10.6 Å². The molecule has 0 spiro atoms. The summed E-state index contributed by atoms with van der Waals surface area (Å²) in [6, 6.07) is 9.64. The van der Waals surface area contributed by atoms with E-state index >= 15 is 0 Å². The molecule has 2 amide bonds. The van der Waals surface area contributed by atoms with Crippen molar-refractivity contribution in [1.29, 1.82) is 0 Å². The second kappa shape index (κ2) is 10.4. The van der Waals surface area contributed by atoms with Crippen LogP contribution in [-0.2, 0) is 14.8 Å². The van der Waals surface area contributed by atoms with Gasteiger partial charge in [0, 0.05) is 19.6 Å². The highest BCUT2D eigenvalue weighted by Gasteiger charge is 2.36. The van der Waals surface area contributed by atoms with E-state index in [1.54, 1.807) is 36.4 Å². The number of hydrogen-bond acceptors (Lipinski definition) is 5. The molecule has 2 heterocycles. The standard InChI is InChI=1S/C22H29N3O4S2/c1-3-12-23-22(27)20(24-21(26)19-5-4-15-30-19)17-10-13-25(14-11-17)31(28,29)18-8-6-16(2)7-9-18/h4-9,15,17,20H,3,10-14H2,1-2H3,(H,23,27)(H,24,26). The third kappa shape index (κ3) is 5.72. The molecule has 1 aromatic carbocycles. The number of benzene rings is 1. The number of rotatable bonds is 8. The van der Waals surface area contributed by atoms with Crippen LogP contribution in [0.15, 0.2) is 46.7 Å². The molecule has 1 atom stereocenters. The zero-order valence-corrected chi connectivity index (χ0v) is 19.5. The van der Waals surface area contributed by atoms with E-state index in [0.29, 0.717) is 37.4 Å². The van der Waals surface area contributed by atoms with E-state index in [1.807, 2.05) is 19.2 Å². The lowest BCUT2D eigenvalue weighted by molar-refractivity contribution is -0.124. The minimum Gasteiger partial charge on any atom is -0.354 e. The molecule has 1 unspecified atom stereocenters. The average molecular weight is 464 g/mol. The van der Waals surface area contributed by atoms with Gasteiger partial charge < -0.3 is 10.6 Å². The van der Waals surface area contributed by atoms with Crippen molar-refractivity contribution in [3.63, 3.8) is 0 Å². The zero-order valence-electron chi connectivity index (χ0n) is 17.8. The molecule has 1 aliphatic rings. The Bertz CT molecular complexity index is 980. The van der Waals surface area contributed by atoms with Crippen LogP contribution in [0.2, 0.25) is 0 Å². The first-order valence-electron chi connectivity index (χ1n) is 10.5. The zero-order chi connectivity index (χ0) is 22.4. The van der Waals surface area contributed by atoms with Gasteiger partial charge >= 0.3 is 0 Å². The van der Waals surface area contributed by atoms with E-state index in [9.17, 15) is 18.0 Å². The van der Waals surface area contributed by atoms with Gasteiger partial charge in [0.25, 0.3) is 5.91 Å². The monoisotopic (exact) mass is 463 g/mol. The molecular formula is C22H29N3O4S2. The third-order valence-corrected chi connectivity index (χ3v) is 8.27. The fourth-order valence-electron chi connectivity index (χ4n) is 3.68. The van der Waals surface area contributed by atoms with Crippen molar-refractivity contribution < 1.29 is 18.0 Å². The number of aryl methyl sites for hydroxylation is 1. The van der Waals surface area contributed by atoms with E-state index in [1.165, 1.54) is 15.6 Å².